The first-order chi connectivity index (χ1) is 5.63. The Labute approximate surface area is 75.5 Å². The summed E-state index contributed by atoms with van der Waals surface area (Å²) in [4.78, 5) is 0. The Hall–Kier alpha value is -0.610. The van der Waals surface area contributed by atoms with Crippen LogP contribution in [0.2, 0.25) is 0 Å². The molecule has 0 fully saturated rings. The molecule has 1 radical (unpaired) electrons. The van der Waals surface area contributed by atoms with Crippen molar-refractivity contribution in [3.63, 3.8) is 0 Å². The van der Waals surface area contributed by atoms with Crippen LogP contribution in [0.5, 0.6) is 0 Å². The van der Waals surface area contributed by atoms with Crippen LogP contribution in [0.25, 0.3) is 0 Å². The molecule has 0 nitrogen and oxygen atoms in total. The van der Waals surface area contributed by atoms with E-state index in [9.17, 15) is 0 Å². The highest BCUT2D eigenvalue weighted by molar-refractivity contribution is 7.44. The van der Waals surface area contributed by atoms with E-state index in [1.165, 1.54) is 41.4 Å². The van der Waals surface area contributed by atoms with Crippen molar-refractivity contribution in [3.8, 4) is 0 Å². The normalized spacial score (nSPS) is 23.0. The Balaban J connectivity index is 2.70. The predicted molar refractivity (Wildman–Crippen MR) is 55.7 cm³/mol. The maximum absolute atomic E-state index is 3.42. The van der Waals surface area contributed by atoms with Gasteiger partial charge in [-0.25, -0.2) is 0 Å². The van der Waals surface area contributed by atoms with Crippen LogP contribution in [-0.4, -0.2) is 5.80 Å². The van der Waals surface area contributed by atoms with Gasteiger partial charge in [-0.2, -0.15) is 0 Å². The van der Waals surface area contributed by atoms with Gasteiger partial charge in [-0.15, -0.1) is 0 Å². The first-order valence-corrected chi connectivity index (χ1v) is 5.09. The maximum atomic E-state index is 3.42. The first kappa shape index (κ1) is 8.01. The summed E-state index contributed by atoms with van der Waals surface area (Å²) >= 11 is 0. The smallest absolute Gasteiger partial charge is 0.0227 e. The largest absolute Gasteiger partial charge is 0.0629 e. The van der Waals surface area contributed by atoms with Gasteiger partial charge < -0.3 is 0 Å². The Bertz CT molecular complexity index is 376. The molecule has 61 valence electrons. The van der Waals surface area contributed by atoms with Gasteiger partial charge >= 0.3 is 0 Å². The average molecular weight is 175 g/mol. The van der Waals surface area contributed by atoms with Crippen molar-refractivity contribution in [2.45, 2.75) is 27.7 Å². The van der Waals surface area contributed by atoms with Crippen molar-refractivity contribution >= 4 is 14.0 Å². The van der Waals surface area contributed by atoms with Crippen LogP contribution in [0.4, 0.5) is 0 Å². The molecule has 0 spiro atoms. The molecule has 0 saturated heterocycles. The number of allylic oxidation sites excluding steroid dienone is 6. The Kier molecular flexibility index (Phi) is 1.63. The molecule has 0 saturated carbocycles. The zero-order chi connectivity index (χ0) is 8.88. The Morgan fingerprint density at radius 2 is 1.58 bits per heavy atom. The van der Waals surface area contributed by atoms with Gasteiger partial charge in [0.05, 0.1) is 0 Å². The van der Waals surface area contributed by atoms with Gasteiger partial charge in [-0.1, -0.05) is 8.20 Å². The molecule has 0 atom stereocenters. The lowest BCUT2D eigenvalue weighted by Crippen LogP contribution is -1.84. The third kappa shape index (κ3) is 0.820. The summed E-state index contributed by atoms with van der Waals surface area (Å²) in [6.07, 6.45) is 0. The molecular weight excluding hydrogens is 163 g/mol. The lowest BCUT2D eigenvalue weighted by molar-refractivity contribution is 1.31. The fraction of sp³-hybridized carbons (Fsp3) is 0.364. The van der Waals surface area contributed by atoms with Crippen molar-refractivity contribution in [2.75, 3.05) is 0 Å². The monoisotopic (exact) mass is 175 g/mol. The summed E-state index contributed by atoms with van der Waals surface area (Å²) in [7, 11) is 1.27. The van der Waals surface area contributed by atoms with E-state index in [0.29, 0.717) is 0 Å². The summed E-state index contributed by atoms with van der Waals surface area (Å²) in [5, 5.41) is 1.46. The molecule has 1 aliphatic heterocycles. The SMILES string of the molecule is CC1=C2C(C)=C(C)C(C)=C2[C]=P1. The van der Waals surface area contributed by atoms with Crippen LogP contribution in [-0.2, 0) is 0 Å². The minimum Gasteiger partial charge on any atom is -0.0629 e. The minimum absolute atomic E-state index is 1.27. The van der Waals surface area contributed by atoms with Crippen LogP contribution >= 0.6 is 8.20 Å². The molecule has 0 N–H and O–H groups in total. The Morgan fingerprint density at radius 1 is 0.917 bits per heavy atom. The lowest BCUT2D eigenvalue weighted by Gasteiger charge is -1.99. The topological polar surface area (TPSA) is 0 Å². The van der Waals surface area contributed by atoms with E-state index < -0.39 is 0 Å². The highest BCUT2D eigenvalue weighted by atomic mass is 31.1. The van der Waals surface area contributed by atoms with Crippen molar-refractivity contribution in [1.29, 1.82) is 0 Å². The number of rotatable bonds is 0. The molecular formula is C11H12P. The summed E-state index contributed by atoms with van der Waals surface area (Å²) in [5.74, 6) is 3.42. The van der Waals surface area contributed by atoms with Crippen molar-refractivity contribution < 1.29 is 0 Å². The molecule has 0 aromatic heterocycles. The van der Waals surface area contributed by atoms with Crippen molar-refractivity contribution in [3.05, 3.63) is 33.2 Å². The Morgan fingerprint density at radius 3 is 2.17 bits per heavy atom. The second-order valence-corrected chi connectivity index (χ2v) is 4.55. The number of hydrogen-bond acceptors (Lipinski definition) is 0. The summed E-state index contributed by atoms with van der Waals surface area (Å²) in [6.45, 7) is 8.82. The summed E-state index contributed by atoms with van der Waals surface area (Å²) in [5.41, 5.74) is 7.15. The third-order valence-electron chi connectivity index (χ3n) is 2.82. The quantitative estimate of drug-likeness (QED) is 0.494. The average Bonchev–Trinajstić information content (AvgIpc) is 2.51. The molecule has 2 rings (SSSR count). The molecule has 0 amide bonds. The van der Waals surface area contributed by atoms with Crippen LogP contribution in [0.1, 0.15) is 27.7 Å². The lowest BCUT2D eigenvalue weighted by atomic mass is 10.1. The van der Waals surface area contributed by atoms with E-state index in [4.69, 9.17) is 0 Å². The van der Waals surface area contributed by atoms with Gasteiger partial charge in [0.15, 0.2) is 0 Å². The molecule has 1 heteroatoms. The highest BCUT2D eigenvalue weighted by Crippen LogP contribution is 2.44. The van der Waals surface area contributed by atoms with Gasteiger partial charge in [-0.05, 0) is 60.9 Å². The standard InChI is InChI=1S/C11H12P/c1-6-7(2)10-5-12-9(4)11(10)8(6)3/h1-4H3. The molecule has 1 heterocycles. The van der Waals surface area contributed by atoms with Crippen LogP contribution < -0.4 is 0 Å². The number of fused-ring (bicyclic) bond motifs is 1. The van der Waals surface area contributed by atoms with E-state index in [2.05, 4.69) is 33.5 Å². The third-order valence-corrected chi connectivity index (χ3v) is 3.72. The van der Waals surface area contributed by atoms with E-state index in [-0.39, 0.29) is 0 Å². The van der Waals surface area contributed by atoms with Crippen molar-refractivity contribution in [1.82, 2.24) is 0 Å². The summed E-state index contributed by atoms with van der Waals surface area (Å²) < 4.78 is 0. The van der Waals surface area contributed by atoms with E-state index >= 15 is 0 Å². The molecule has 12 heavy (non-hydrogen) atoms. The maximum Gasteiger partial charge on any atom is 0.0227 e. The van der Waals surface area contributed by atoms with Gasteiger partial charge in [-0.3, -0.25) is 0 Å². The second kappa shape index (κ2) is 2.44. The highest BCUT2D eigenvalue weighted by Gasteiger charge is 2.24. The zero-order valence-electron chi connectivity index (χ0n) is 7.95. The minimum atomic E-state index is 1.27. The molecule has 0 bridgehead atoms. The first-order valence-electron chi connectivity index (χ1n) is 4.20. The molecule has 2 aliphatic rings. The fourth-order valence-corrected chi connectivity index (χ4v) is 2.77. The predicted octanol–water partition coefficient (Wildman–Crippen LogP) is 3.57. The molecule has 0 aromatic rings. The van der Waals surface area contributed by atoms with E-state index in [1.54, 1.807) is 0 Å². The second-order valence-electron chi connectivity index (χ2n) is 3.43. The van der Waals surface area contributed by atoms with Gasteiger partial charge in [0.1, 0.15) is 0 Å². The van der Waals surface area contributed by atoms with Crippen LogP contribution in [0.3, 0.4) is 0 Å². The molecule has 1 aliphatic carbocycles. The van der Waals surface area contributed by atoms with Crippen molar-refractivity contribution in [2.24, 2.45) is 0 Å². The van der Waals surface area contributed by atoms with Crippen LogP contribution in [0, 0.1) is 0 Å². The summed E-state index contributed by atoms with van der Waals surface area (Å²) in [6, 6.07) is 0. The van der Waals surface area contributed by atoms with Gasteiger partial charge in [0.25, 0.3) is 0 Å². The number of hydrogen-bond donors (Lipinski definition) is 0. The van der Waals surface area contributed by atoms with Gasteiger partial charge in [0.2, 0.25) is 0 Å². The van der Waals surface area contributed by atoms with E-state index in [1.807, 2.05) is 0 Å². The van der Waals surface area contributed by atoms with Crippen LogP contribution in [0.15, 0.2) is 33.2 Å². The fourth-order valence-electron chi connectivity index (χ4n) is 1.82. The zero-order valence-corrected chi connectivity index (χ0v) is 8.84. The molecule has 0 aromatic carbocycles. The van der Waals surface area contributed by atoms with E-state index in [0.717, 1.165) is 0 Å². The van der Waals surface area contributed by atoms with Gasteiger partial charge in [0, 0.05) is 5.80 Å². The molecule has 0 unspecified atom stereocenters.